The van der Waals surface area contributed by atoms with Gasteiger partial charge in [0.05, 0.1) is 22.1 Å². The van der Waals surface area contributed by atoms with Crippen molar-refractivity contribution in [1.29, 1.82) is 0 Å². The van der Waals surface area contributed by atoms with Crippen LogP contribution in [0.1, 0.15) is 0 Å². The molecule has 224 valence electrons. The molecule has 3 heterocycles. The van der Waals surface area contributed by atoms with Crippen LogP contribution in [0.25, 0.3) is 88.8 Å². The molecule has 0 saturated heterocycles. The molecule has 10 aromatic rings. The van der Waals surface area contributed by atoms with E-state index in [1.165, 1.54) is 16.2 Å². The predicted molar refractivity (Wildman–Crippen MR) is 197 cm³/mol. The summed E-state index contributed by atoms with van der Waals surface area (Å²) >= 11 is 0. The van der Waals surface area contributed by atoms with Crippen LogP contribution in [0.4, 0.5) is 0 Å². The van der Waals surface area contributed by atoms with Crippen LogP contribution in [-0.4, -0.2) is 24.1 Å². The lowest BCUT2D eigenvalue weighted by molar-refractivity contribution is 0.955. The minimum absolute atomic E-state index is 0.591. The Labute approximate surface area is 276 Å². The Bertz CT molecular complexity index is 2830. The van der Waals surface area contributed by atoms with Gasteiger partial charge in [0.25, 0.3) is 0 Å². The largest absolute Gasteiger partial charge is 0.309 e. The van der Waals surface area contributed by atoms with Crippen molar-refractivity contribution in [3.63, 3.8) is 0 Å². The number of para-hydroxylation sites is 3. The lowest BCUT2D eigenvalue weighted by Crippen LogP contribution is -2.06. The smallest absolute Gasteiger partial charge is 0.238 e. The third kappa shape index (κ3) is 4.01. The summed E-state index contributed by atoms with van der Waals surface area (Å²) in [6.07, 6.45) is 0. The Kier molecular flexibility index (Phi) is 5.81. The molecule has 0 atom stereocenters. The van der Waals surface area contributed by atoms with E-state index >= 15 is 0 Å². The fourth-order valence-corrected chi connectivity index (χ4v) is 7.22. The third-order valence-corrected chi connectivity index (χ3v) is 9.36. The van der Waals surface area contributed by atoms with Crippen molar-refractivity contribution in [3.05, 3.63) is 164 Å². The maximum absolute atomic E-state index is 5.26. The molecule has 0 aliphatic rings. The molecule has 10 rings (SSSR count). The molecule has 0 fully saturated rings. The molecule has 5 nitrogen and oxygen atoms in total. The molecule has 0 bridgehead atoms. The first kappa shape index (κ1) is 26.6. The van der Waals surface area contributed by atoms with Crippen LogP contribution >= 0.6 is 0 Å². The molecule has 48 heavy (non-hydrogen) atoms. The summed E-state index contributed by atoms with van der Waals surface area (Å²) in [5.74, 6) is 1.85. The van der Waals surface area contributed by atoms with Crippen LogP contribution in [0.15, 0.2) is 164 Å². The Hall–Kier alpha value is -6.59. The Morgan fingerprint density at radius 1 is 0.354 bits per heavy atom. The fraction of sp³-hybridized carbons (Fsp3) is 0. The van der Waals surface area contributed by atoms with Gasteiger partial charge in [0, 0.05) is 43.7 Å². The number of aromatic nitrogens is 5. The maximum Gasteiger partial charge on any atom is 0.238 e. The van der Waals surface area contributed by atoms with Gasteiger partial charge in [-0.25, -0.2) is 4.98 Å². The highest BCUT2D eigenvalue weighted by Gasteiger charge is 2.20. The van der Waals surface area contributed by atoms with Crippen molar-refractivity contribution in [3.8, 4) is 34.4 Å². The molecule has 7 aromatic carbocycles. The highest BCUT2D eigenvalue weighted by atomic mass is 15.2. The van der Waals surface area contributed by atoms with Gasteiger partial charge in [0.2, 0.25) is 5.95 Å². The van der Waals surface area contributed by atoms with Crippen LogP contribution in [-0.2, 0) is 0 Å². The van der Waals surface area contributed by atoms with Gasteiger partial charge in [-0.2, -0.15) is 9.97 Å². The molecule has 3 aromatic heterocycles. The number of hydrogen-bond donors (Lipinski definition) is 0. The zero-order chi connectivity index (χ0) is 31.6. The summed E-state index contributed by atoms with van der Waals surface area (Å²) in [5, 5.41) is 7.00. The molecule has 0 unspecified atom stereocenters. The van der Waals surface area contributed by atoms with Crippen LogP contribution in [0.2, 0.25) is 0 Å². The van der Waals surface area contributed by atoms with Crippen molar-refractivity contribution in [1.82, 2.24) is 24.1 Å². The summed E-state index contributed by atoms with van der Waals surface area (Å²) in [5.41, 5.74) is 7.45. The molecule has 0 saturated carbocycles. The maximum atomic E-state index is 5.26. The molecule has 0 radical (unpaired) electrons. The van der Waals surface area contributed by atoms with Gasteiger partial charge >= 0.3 is 0 Å². The molecular formula is C43H27N5. The minimum atomic E-state index is 0.591. The van der Waals surface area contributed by atoms with Crippen LogP contribution in [0.5, 0.6) is 0 Å². The molecule has 0 N–H and O–H groups in total. The van der Waals surface area contributed by atoms with Gasteiger partial charge in [-0.15, -0.1) is 0 Å². The summed E-state index contributed by atoms with van der Waals surface area (Å²) in [7, 11) is 0. The first-order valence-corrected chi connectivity index (χ1v) is 16.1. The van der Waals surface area contributed by atoms with Gasteiger partial charge in [0.15, 0.2) is 11.6 Å². The first-order valence-electron chi connectivity index (χ1n) is 16.1. The predicted octanol–water partition coefficient (Wildman–Crippen LogP) is 10.6. The number of nitrogens with zero attached hydrogens (tertiary/aromatic N) is 5. The zero-order valence-corrected chi connectivity index (χ0v) is 25.8. The van der Waals surface area contributed by atoms with Crippen molar-refractivity contribution in [2.75, 3.05) is 0 Å². The molecule has 0 aliphatic carbocycles. The molecular weight excluding hydrogens is 587 g/mol. The molecule has 0 spiro atoms. The van der Waals surface area contributed by atoms with E-state index in [4.69, 9.17) is 15.0 Å². The van der Waals surface area contributed by atoms with E-state index in [1.807, 2.05) is 18.2 Å². The van der Waals surface area contributed by atoms with E-state index in [-0.39, 0.29) is 0 Å². The quantitative estimate of drug-likeness (QED) is 0.198. The molecule has 0 amide bonds. The SMILES string of the molecule is c1ccc(-c2nc(-c3ccc4c(c3)c3ccccc3n4-c3ccccc3)nc(-n3c4ccccc4c4ccc5ccccc5c43)n2)cc1. The summed E-state index contributed by atoms with van der Waals surface area (Å²) < 4.78 is 4.54. The van der Waals surface area contributed by atoms with Crippen LogP contribution < -0.4 is 0 Å². The van der Waals surface area contributed by atoms with E-state index in [9.17, 15) is 0 Å². The van der Waals surface area contributed by atoms with Gasteiger partial charge in [0.1, 0.15) is 0 Å². The lowest BCUT2D eigenvalue weighted by Gasteiger charge is -2.12. The van der Waals surface area contributed by atoms with Gasteiger partial charge in [-0.1, -0.05) is 121 Å². The van der Waals surface area contributed by atoms with Crippen molar-refractivity contribution < 1.29 is 0 Å². The average Bonchev–Trinajstić information content (AvgIpc) is 3.68. The van der Waals surface area contributed by atoms with E-state index < -0.39 is 0 Å². The number of hydrogen-bond acceptors (Lipinski definition) is 3. The second-order valence-electron chi connectivity index (χ2n) is 12.1. The number of fused-ring (bicyclic) bond motifs is 8. The zero-order valence-electron chi connectivity index (χ0n) is 25.8. The number of benzene rings is 7. The second-order valence-corrected chi connectivity index (χ2v) is 12.1. The first-order chi connectivity index (χ1) is 23.8. The van der Waals surface area contributed by atoms with Gasteiger partial charge in [-0.05, 0) is 47.9 Å². The van der Waals surface area contributed by atoms with E-state index in [0.29, 0.717) is 17.6 Å². The standard InChI is InChI=1S/C43H27N5/c1-3-14-29(15-4-1)41-44-42(30-24-26-39-36(27-30)34-20-10-11-21-37(34)47(39)31-16-5-2-6-17-31)46-43(45-41)48-38-22-12-9-19-33(38)35-25-23-28-13-7-8-18-32(28)40(35)48/h1-27H. The summed E-state index contributed by atoms with van der Waals surface area (Å²) in [6, 6.07) is 57.3. The Balaban J connectivity index is 1.27. The van der Waals surface area contributed by atoms with Crippen molar-refractivity contribution >= 4 is 54.4 Å². The number of rotatable bonds is 4. The topological polar surface area (TPSA) is 48.5 Å². The summed E-state index contributed by atoms with van der Waals surface area (Å²) in [4.78, 5) is 15.6. The summed E-state index contributed by atoms with van der Waals surface area (Å²) in [6.45, 7) is 0. The third-order valence-electron chi connectivity index (χ3n) is 9.36. The van der Waals surface area contributed by atoms with Crippen LogP contribution in [0.3, 0.4) is 0 Å². The van der Waals surface area contributed by atoms with Gasteiger partial charge < -0.3 is 4.57 Å². The highest BCUT2D eigenvalue weighted by molar-refractivity contribution is 6.18. The molecule has 0 aliphatic heterocycles. The lowest BCUT2D eigenvalue weighted by atomic mass is 10.1. The van der Waals surface area contributed by atoms with Crippen molar-refractivity contribution in [2.45, 2.75) is 0 Å². The Morgan fingerprint density at radius 2 is 0.938 bits per heavy atom. The fourth-order valence-electron chi connectivity index (χ4n) is 7.22. The van der Waals surface area contributed by atoms with Gasteiger partial charge in [-0.3, -0.25) is 4.57 Å². The van der Waals surface area contributed by atoms with E-state index in [0.717, 1.165) is 55.0 Å². The monoisotopic (exact) mass is 613 g/mol. The van der Waals surface area contributed by atoms with E-state index in [2.05, 4.69) is 155 Å². The van der Waals surface area contributed by atoms with Crippen LogP contribution in [0, 0.1) is 0 Å². The highest BCUT2D eigenvalue weighted by Crippen LogP contribution is 2.38. The normalized spacial score (nSPS) is 11.8. The molecule has 5 heteroatoms. The second kappa shape index (κ2) is 10.5. The van der Waals surface area contributed by atoms with Crippen molar-refractivity contribution in [2.24, 2.45) is 0 Å². The van der Waals surface area contributed by atoms with E-state index in [1.54, 1.807) is 0 Å². The Morgan fingerprint density at radius 3 is 1.71 bits per heavy atom. The minimum Gasteiger partial charge on any atom is -0.309 e. The average molecular weight is 614 g/mol.